The van der Waals surface area contributed by atoms with Crippen LogP contribution in [0.1, 0.15) is 11.1 Å². The maximum Gasteiger partial charge on any atom is 0.277 e. The lowest BCUT2D eigenvalue weighted by Crippen LogP contribution is -2.24. The number of benzene rings is 3. The Kier molecular flexibility index (Phi) is 5.03. The molecule has 0 saturated heterocycles. The van der Waals surface area contributed by atoms with Gasteiger partial charge in [0.1, 0.15) is 5.75 Å². The SMILES string of the molecule is N#Cc1ccc(/C=N/NC(=O)COc2ccc3ccccc3c2)cc1. The normalized spacial score (nSPS) is 10.5. The molecule has 3 aromatic carbocycles. The number of hydrogen-bond acceptors (Lipinski definition) is 4. The van der Waals surface area contributed by atoms with Gasteiger partial charge in [0.15, 0.2) is 6.61 Å². The summed E-state index contributed by atoms with van der Waals surface area (Å²) >= 11 is 0. The first-order chi connectivity index (χ1) is 12.2. The molecule has 0 unspecified atom stereocenters. The van der Waals surface area contributed by atoms with Crippen LogP contribution in [-0.4, -0.2) is 18.7 Å². The summed E-state index contributed by atoms with van der Waals surface area (Å²) in [4.78, 5) is 11.8. The van der Waals surface area contributed by atoms with Crippen molar-refractivity contribution in [3.05, 3.63) is 77.9 Å². The van der Waals surface area contributed by atoms with Crippen LogP contribution in [-0.2, 0) is 4.79 Å². The second kappa shape index (κ2) is 7.75. The molecule has 0 fully saturated rings. The molecule has 3 aromatic rings. The Morgan fingerprint density at radius 3 is 2.60 bits per heavy atom. The lowest BCUT2D eigenvalue weighted by molar-refractivity contribution is -0.123. The third kappa shape index (κ3) is 4.43. The summed E-state index contributed by atoms with van der Waals surface area (Å²) < 4.78 is 5.49. The number of ether oxygens (including phenoxy) is 1. The zero-order valence-electron chi connectivity index (χ0n) is 13.3. The number of nitrogens with zero attached hydrogens (tertiary/aromatic N) is 2. The fourth-order valence-electron chi connectivity index (χ4n) is 2.26. The maximum absolute atomic E-state index is 11.8. The van der Waals surface area contributed by atoms with E-state index in [0.29, 0.717) is 11.3 Å². The monoisotopic (exact) mass is 329 g/mol. The largest absolute Gasteiger partial charge is 0.484 e. The summed E-state index contributed by atoms with van der Waals surface area (Å²) in [6, 6.07) is 22.5. The fourth-order valence-corrected chi connectivity index (χ4v) is 2.26. The molecule has 1 amide bonds. The lowest BCUT2D eigenvalue weighted by atomic mass is 10.1. The topological polar surface area (TPSA) is 74.5 Å². The number of rotatable bonds is 5. The van der Waals surface area contributed by atoms with Crippen molar-refractivity contribution >= 4 is 22.9 Å². The van der Waals surface area contributed by atoms with Gasteiger partial charge >= 0.3 is 0 Å². The number of carbonyl (C=O) groups excluding carboxylic acids is 1. The van der Waals surface area contributed by atoms with Gasteiger partial charge in [-0.25, -0.2) is 5.43 Å². The van der Waals surface area contributed by atoms with Crippen LogP contribution in [0.15, 0.2) is 71.8 Å². The van der Waals surface area contributed by atoms with Gasteiger partial charge in [-0.15, -0.1) is 0 Å². The highest BCUT2D eigenvalue weighted by atomic mass is 16.5. The van der Waals surface area contributed by atoms with Crippen molar-refractivity contribution in [2.24, 2.45) is 5.10 Å². The molecule has 0 bridgehead atoms. The molecular weight excluding hydrogens is 314 g/mol. The van der Waals surface area contributed by atoms with Gasteiger partial charge in [-0.3, -0.25) is 4.79 Å². The molecule has 0 saturated carbocycles. The van der Waals surface area contributed by atoms with Crippen LogP contribution in [0.25, 0.3) is 10.8 Å². The molecule has 25 heavy (non-hydrogen) atoms. The molecule has 0 spiro atoms. The summed E-state index contributed by atoms with van der Waals surface area (Å²) in [6.45, 7) is -0.122. The van der Waals surface area contributed by atoms with Crippen LogP contribution in [0.5, 0.6) is 5.75 Å². The van der Waals surface area contributed by atoms with E-state index in [0.717, 1.165) is 16.3 Å². The Morgan fingerprint density at radius 2 is 1.84 bits per heavy atom. The van der Waals surface area contributed by atoms with E-state index >= 15 is 0 Å². The molecule has 5 nitrogen and oxygen atoms in total. The van der Waals surface area contributed by atoms with Crippen LogP contribution >= 0.6 is 0 Å². The van der Waals surface area contributed by atoms with E-state index in [1.807, 2.05) is 48.5 Å². The van der Waals surface area contributed by atoms with Gasteiger partial charge in [-0.1, -0.05) is 42.5 Å². The van der Waals surface area contributed by atoms with E-state index in [1.165, 1.54) is 6.21 Å². The Balaban J connectivity index is 1.51. The average molecular weight is 329 g/mol. The molecule has 5 heteroatoms. The molecule has 0 aliphatic rings. The third-order valence-electron chi connectivity index (χ3n) is 3.53. The number of carbonyl (C=O) groups is 1. The van der Waals surface area contributed by atoms with Crippen LogP contribution < -0.4 is 10.2 Å². The van der Waals surface area contributed by atoms with Crippen molar-refractivity contribution < 1.29 is 9.53 Å². The minimum absolute atomic E-state index is 0.122. The van der Waals surface area contributed by atoms with Crippen LogP contribution in [0.2, 0.25) is 0 Å². The molecule has 0 heterocycles. The van der Waals surface area contributed by atoms with Crippen LogP contribution in [0.4, 0.5) is 0 Å². The molecular formula is C20H15N3O2. The summed E-state index contributed by atoms with van der Waals surface area (Å²) in [7, 11) is 0. The second-order valence-electron chi connectivity index (χ2n) is 5.32. The van der Waals surface area contributed by atoms with E-state index in [9.17, 15) is 4.79 Å². The Bertz CT molecular complexity index is 957. The molecule has 3 rings (SSSR count). The van der Waals surface area contributed by atoms with Gasteiger partial charge in [-0.05, 0) is 40.6 Å². The van der Waals surface area contributed by atoms with Gasteiger partial charge < -0.3 is 4.74 Å². The number of hydrogen-bond donors (Lipinski definition) is 1. The number of nitriles is 1. The van der Waals surface area contributed by atoms with Crippen molar-refractivity contribution in [2.75, 3.05) is 6.61 Å². The first-order valence-electron chi connectivity index (χ1n) is 7.68. The third-order valence-corrected chi connectivity index (χ3v) is 3.53. The van der Waals surface area contributed by atoms with Crippen molar-refractivity contribution in [3.8, 4) is 11.8 Å². The van der Waals surface area contributed by atoms with Crippen molar-refractivity contribution in [2.45, 2.75) is 0 Å². The van der Waals surface area contributed by atoms with Crippen molar-refractivity contribution in [1.29, 1.82) is 5.26 Å². The predicted molar refractivity (Wildman–Crippen MR) is 96.3 cm³/mol. The molecule has 0 aromatic heterocycles. The Hall–Kier alpha value is -3.65. The molecule has 1 N–H and O–H groups in total. The van der Waals surface area contributed by atoms with Crippen molar-refractivity contribution in [3.63, 3.8) is 0 Å². The quantitative estimate of drug-likeness (QED) is 0.577. The van der Waals surface area contributed by atoms with E-state index in [1.54, 1.807) is 24.3 Å². The minimum Gasteiger partial charge on any atom is -0.484 e. The van der Waals surface area contributed by atoms with Gasteiger partial charge in [-0.2, -0.15) is 10.4 Å². The lowest BCUT2D eigenvalue weighted by Gasteiger charge is -2.06. The standard InChI is InChI=1S/C20H15N3O2/c21-12-15-5-7-16(8-6-15)13-22-23-20(24)14-25-19-10-9-17-3-1-2-4-18(17)11-19/h1-11,13H,14H2,(H,23,24)/b22-13+. The van der Waals surface area contributed by atoms with Gasteiger partial charge in [0.25, 0.3) is 5.91 Å². The summed E-state index contributed by atoms with van der Waals surface area (Å²) in [5.74, 6) is 0.281. The van der Waals surface area contributed by atoms with Crippen LogP contribution in [0.3, 0.4) is 0 Å². The molecule has 0 atom stereocenters. The molecule has 0 aliphatic heterocycles. The average Bonchev–Trinajstić information content (AvgIpc) is 2.67. The smallest absolute Gasteiger partial charge is 0.277 e. The number of amides is 1. The highest BCUT2D eigenvalue weighted by molar-refractivity contribution is 5.84. The summed E-state index contributed by atoms with van der Waals surface area (Å²) in [6.07, 6.45) is 1.51. The Labute approximate surface area is 145 Å². The van der Waals surface area contributed by atoms with Gasteiger partial charge in [0.05, 0.1) is 17.8 Å². The maximum atomic E-state index is 11.8. The zero-order chi connectivity index (χ0) is 17.5. The number of nitrogens with one attached hydrogen (secondary N) is 1. The van der Waals surface area contributed by atoms with Gasteiger partial charge in [0.2, 0.25) is 0 Å². The summed E-state index contributed by atoms with van der Waals surface area (Å²) in [5.41, 5.74) is 3.77. The Morgan fingerprint density at radius 1 is 1.08 bits per heavy atom. The van der Waals surface area contributed by atoms with Crippen LogP contribution in [0, 0.1) is 11.3 Å². The highest BCUT2D eigenvalue weighted by Gasteiger charge is 2.02. The van der Waals surface area contributed by atoms with E-state index in [-0.39, 0.29) is 12.5 Å². The number of fused-ring (bicyclic) bond motifs is 1. The highest BCUT2D eigenvalue weighted by Crippen LogP contribution is 2.20. The predicted octanol–water partition coefficient (Wildman–Crippen LogP) is 3.24. The molecule has 0 radical (unpaired) electrons. The van der Waals surface area contributed by atoms with Crippen molar-refractivity contribution in [1.82, 2.24) is 5.43 Å². The molecule has 122 valence electrons. The first kappa shape index (κ1) is 16.2. The second-order valence-corrected chi connectivity index (χ2v) is 5.32. The van der Waals surface area contributed by atoms with Gasteiger partial charge in [0, 0.05) is 0 Å². The number of hydrazone groups is 1. The van der Waals surface area contributed by atoms with E-state index < -0.39 is 0 Å². The van der Waals surface area contributed by atoms with E-state index in [2.05, 4.69) is 10.5 Å². The summed E-state index contributed by atoms with van der Waals surface area (Å²) in [5, 5.41) is 14.8. The van der Waals surface area contributed by atoms with E-state index in [4.69, 9.17) is 10.00 Å². The molecule has 0 aliphatic carbocycles. The minimum atomic E-state index is -0.349. The first-order valence-corrected chi connectivity index (χ1v) is 7.68. The zero-order valence-corrected chi connectivity index (χ0v) is 13.3. The fraction of sp³-hybridized carbons (Fsp3) is 0.0500.